The Morgan fingerprint density at radius 3 is 2.30 bits per heavy atom. The average Bonchev–Trinajstić information content (AvgIpc) is 3.30. The maximum Gasteiger partial charge on any atom is 0.431 e. The lowest BCUT2D eigenvalue weighted by atomic mass is 9.87. The molecule has 0 spiro atoms. The zero-order chi connectivity index (χ0) is 27.2. The summed E-state index contributed by atoms with van der Waals surface area (Å²) in [7, 11) is 0. The molecule has 1 aliphatic heterocycles. The van der Waals surface area contributed by atoms with Gasteiger partial charge in [-0.25, -0.2) is 0 Å². The van der Waals surface area contributed by atoms with Gasteiger partial charge in [-0.15, -0.1) is 0 Å². The molecule has 0 radical (unpaired) electrons. The van der Waals surface area contributed by atoms with Crippen molar-refractivity contribution in [2.45, 2.75) is 38.5 Å². The summed E-state index contributed by atoms with van der Waals surface area (Å²) < 4.78 is 42.5. The van der Waals surface area contributed by atoms with Crippen LogP contribution >= 0.6 is 34.8 Å². The molecule has 196 valence electrons. The van der Waals surface area contributed by atoms with Gasteiger partial charge in [-0.3, -0.25) is 20.6 Å². The maximum absolute atomic E-state index is 14.2. The summed E-state index contributed by atoms with van der Waals surface area (Å²) in [5.74, 6) is -0.452. The minimum absolute atomic E-state index is 0.0654. The van der Waals surface area contributed by atoms with E-state index in [1.165, 1.54) is 60.9 Å². The highest BCUT2D eigenvalue weighted by Gasteiger charge is 2.60. The van der Waals surface area contributed by atoms with E-state index in [2.05, 4.69) is 21.0 Å². The molecule has 1 unspecified atom stereocenters. The minimum atomic E-state index is -4.74. The van der Waals surface area contributed by atoms with E-state index in [0.717, 1.165) is 0 Å². The van der Waals surface area contributed by atoms with Crippen molar-refractivity contribution >= 4 is 52.1 Å². The number of amides is 1. The Balaban J connectivity index is 0.00000186. The lowest BCUT2D eigenvalue weighted by Crippen LogP contribution is -2.47. The fourth-order valence-corrected chi connectivity index (χ4v) is 4.26. The molecule has 1 amide bonds. The predicted octanol–water partition coefficient (Wildman–Crippen LogP) is 7.49. The average molecular weight is 574 g/mol. The molecule has 3 aromatic rings. The zero-order valence-corrected chi connectivity index (χ0v) is 21.9. The van der Waals surface area contributed by atoms with Crippen LogP contribution in [-0.2, 0) is 11.3 Å². The highest BCUT2D eigenvalue weighted by atomic mass is 35.5. The third kappa shape index (κ3) is 6.85. The minimum Gasteiger partial charge on any atom is -0.378 e. The number of benzene rings is 2. The maximum atomic E-state index is 14.2. The third-order valence-electron chi connectivity index (χ3n) is 5.27. The second-order valence-electron chi connectivity index (χ2n) is 7.76. The van der Waals surface area contributed by atoms with Gasteiger partial charge < -0.3 is 4.84 Å². The monoisotopic (exact) mass is 572 g/mol. The van der Waals surface area contributed by atoms with Gasteiger partial charge in [0.2, 0.25) is 5.60 Å². The second-order valence-corrected chi connectivity index (χ2v) is 9.04. The van der Waals surface area contributed by atoms with Crippen LogP contribution in [0.25, 0.3) is 0 Å². The number of nitrogens with one attached hydrogen (secondary N) is 2. The summed E-state index contributed by atoms with van der Waals surface area (Å²) in [5, 5.41) is 4.41. The first kappa shape index (κ1) is 28.6. The fraction of sp³-hybridized carbons (Fsp3) is 0.240. The number of hydrazine groups is 1. The predicted molar refractivity (Wildman–Crippen MR) is 139 cm³/mol. The highest BCUT2D eigenvalue weighted by molar-refractivity contribution is 6.34. The molecule has 0 saturated heterocycles. The number of hydrogen-bond acceptors (Lipinski definition) is 5. The molecule has 2 N–H and O–H groups in total. The van der Waals surface area contributed by atoms with Gasteiger partial charge in [0.1, 0.15) is 0 Å². The van der Waals surface area contributed by atoms with Crippen LogP contribution in [0.1, 0.15) is 41.8 Å². The Morgan fingerprint density at radius 2 is 1.68 bits per heavy atom. The third-order valence-corrected chi connectivity index (χ3v) is 6.03. The molecule has 12 heteroatoms. The fourth-order valence-electron chi connectivity index (χ4n) is 3.52. The van der Waals surface area contributed by atoms with E-state index in [9.17, 15) is 18.0 Å². The summed E-state index contributed by atoms with van der Waals surface area (Å²) in [4.78, 5) is 21.1. The number of nitrogens with zero attached hydrogens (tertiary/aromatic N) is 2. The van der Waals surface area contributed by atoms with Crippen LogP contribution in [0.3, 0.4) is 0 Å². The van der Waals surface area contributed by atoms with Crippen LogP contribution in [-0.4, -0.2) is 28.4 Å². The van der Waals surface area contributed by atoms with Gasteiger partial charge in [-0.2, -0.15) is 13.2 Å². The molecule has 2 aromatic carbocycles. The number of aromatic nitrogens is 1. The number of carbonyl (C=O) groups excluding carboxylic acids is 1. The van der Waals surface area contributed by atoms with Crippen molar-refractivity contribution < 1.29 is 22.8 Å². The van der Waals surface area contributed by atoms with Crippen LogP contribution < -0.4 is 10.9 Å². The molecule has 6 nitrogen and oxygen atoms in total. The lowest BCUT2D eigenvalue weighted by molar-refractivity contribution is -0.268. The molecule has 0 bridgehead atoms. The Labute approximate surface area is 226 Å². The van der Waals surface area contributed by atoms with Crippen molar-refractivity contribution in [3.63, 3.8) is 0 Å². The molecule has 37 heavy (non-hydrogen) atoms. The number of pyridine rings is 1. The number of halogens is 6. The van der Waals surface area contributed by atoms with Crippen LogP contribution in [0, 0.1) is 0 Å². The molecule has 1 aliphatic rings. The Bertz CT molecular complexity index is 1270. The van der Waals surface area contributed by atoms with Gasteiger partial charge in [0, 0.05) is 46.4 Å². The van der Waals surface area contributed by atoms with Crippen molar-refractivity contribution in [2.75, 3.05) is 5.43 Å². The molecule has 1 atom stereocenters. The Morgan fingerprint density at radius 1 is 1.03 bits per heavy atom. The normalized spacial score (nSPS) is 16.7. The van der Waals surface area contributed by atoms with E-state index in [-0.39, 0.29) is 32.0 Å². The lowest BCUT2D eigenvalue weighted by Gasteiger charge is -2.29. The van der Waals surface area contributed by atoms with E-state index < -0.39 is 30.5 Å². The van der Waals surface area contributed by atoms with E-state index in [4.69, 9.17) is 39.6 Å². The van der Waals surface area contributed by atoms with Gasteiger partial charge in [0.25, 0.3) is 5.91 Å². The summed E-state index contributed by atoms with van der Waals surface area (Å²) in [6, 6.07) is 11.7. The first-order valence-corrected chi connectivity index (χ1v) is 12.2. The Hall–Kier alpha value is -3.01. The number of rotatable bonds is 6. The molecule has 1 aromatic heterocycles. The molecule has 0 saturated carbocycles. The van der Waals surface area contributed by atoms with Crippen LogP contribution in [0.2, 0.25) is 15.1 Å². The van der Waals surface area contributed by atoms with Gasteiger partial charge in [0.05, 0.1) is 16.4 Å². The number of anilines is 1. The molecule has 0 fully saturated rings. The first-order chi connectivity index (χ1) is 17.6. The topological polar surface area (TPSA) is 75.6 Å². The quantitative estimate of drug-likeness (QED) is 0.300. The van der Waals surface area contributed by atoms with Crippen molar-refractivity contribution in [3.05, 3.63) is 92.7 Å². The summed E-state index contributed by atoms with van der Waals surface area (Å²) in [5.41, 5.74) is 3.84. The van der Waals surface area contributed by atoms with Gasteiger partial charge in [0.15, 0.2) is 0 Å². The van der Waals surface area contributed by atoms with E-state index in [1.54, 1.807) is 0 Å². The molecule has 2 heterocycles. The summed E-state index contributed by atoms with van der Waals surface area (Å²) in [6.07, 6.45) is -2.90. The number of carbonyl (C=O) groups is 1. The van der Waals surface area contributed by atoms with Crippen molar-refractivity contribution in [2.24, 2.45) is 5.16 Å². The van der Waals surface area contributed by atoms with Crippen molar-refractivity contribution in [1.82, 2.24) is 10.4 Å². The zero-order valence-electron chi connectivity index (χ0n) is 19.7. The van der Waals surface area contributed by atoms with E-state index in [1.807, 2.05) is 13.8 Å². The van der Waals surface area contributed by atoms with E-state index >= 15 is 0 Å². The SMILES string of the molecule is CC.O=C(NNc1cc(C2=NOC(Cc3cc(Cl)cc(Cl)c3)(C(F)(F)F)C2)ccc1Cl)c1ccncc1. The van der Waals surface area contributed by atoms with E-state index in [0.29, 0.717) is 11.1 Å². The van der Waals surface area contributed by atoms with Crippen LogP contribution in [0.5, 0.6) is 0 Å². The van der Waals surface area contributed by atoms with Crippen LogP contribution in [0.4, 0.5) is 18.9 Å². The summed E-state index contributed by atoms with van der Waals surface area (Å²) in [6.45, 7) is 4.00. The largest absolute Gasteiger partial charge is 0.431 e. The molecule has 4 rings (SSSR count). The number of hydrogen-bond donors (Lipinski definition) is 2. The van der Waals surface area contributed by atoms with Gasteiger partial charge in [-0.05, 0) is 48.0 Å². The van der Waals surface area contributed by atoms with Crippen molar-refractivity contribution in [1.29, 1.82) is 0 Å². The molecular formula is C25H22Cl3F3N4O2. The first-order valence-electron chi connectivity index (χ1n) is 11.1. The Kier molecular flexibility index (Phi) is 9.28. The highest BCUT2D eigenvalue weighted by Crippen LogP contribution is 2.44. The van der Waals surface area contributed by atoms with Gasteiger partial charge in [-0.1, -0.05) is 59.9 Å². The summed E-state index contributed by atoms with van der Waals surface area (Å²) >= 11 is 18.1. The second kappa shape index (κ2) is 12.0. The molecular weight excluding hydrogens is 552 g/mol. The number of oxime groups is 1. The standard InChI is InChI=1S/C23H16Cl3F3N4O2.C2H6/c24-16-7-13(8-17(25)10-16)11-22(23(27,28)29)12-20(33-35-22)15-1-2-18(26)19(9-15)31-32-21(34)14-3-5-30-6-4-14;1-2/h1-10,31H,11-12H2,(H,32,34);1-2H3. The van der Waals surface area contributed by atoms with Crippen molar-refractivity contribution in [3.8, 4) is 0 Å². The smallest absolute Gasteiger partial charge is 0.378 e. The van der Waals surface area contributed by atoms with Crippen LogP contribution in [0.15, 0.2) is 66.1 Å². The van der Waals surface area contributed by atoms with Gasteiger partial charge >= 0.3 is 6.18 Å². The molecule has 0 aliphatic carbocycles. The number of alkyl halides is 3.